The average Bonchev–Trinajstić information content (AvgIpc) is 2.54. The third-order valence-electron chi connectivity index (χ3n) is 2.86. The molecule has 1 aliphatic rings. The summed E-state index contributed by atoms with van der Waals surface area (Å²) >= 11 is 0. The van der Waals surface area contributed by atoms with Gasteiger partial charge in [0.1, 0.15) is 6.04 Å². The third kappa shape index (κ3) is 1.86. The zero-order chi connectivity index (χ0) is 12.6. The molecular weight excluding hydrogens is 222 g/mol. The monoisotopic (exact) mass is 237 g/mol. The van der Waals surface area contributed by atoms with E-state index < -0.39 is 5.97 Å². The number of carboxylic acid groups (broad SMARTS) is 1. The van der Waals surface area contributed by atoms with Crippen molar-refractivity contribution in [1.29, 1.82) is 0 Å². The van der Waals surface area contributed by atoms with Crippen LogP contribution in [-0.2, 0) is 11.8 Å². The van der Waals surface area contributed by atoms with Gasteiger partial charge in [0.25, 0.3) is 0 Å². The molecule has 0 bridgehead atoms. The molecule has 0 spiro atoms. The number of amides is 1. The number of aryl methyl sites for hydroxylation is 1. The van der Waals surface area contributed by atoms with Crippen LogP contribution < -0.4 is 10.6 Å². The lowest BCUT2D eigenvalue weighted by molar-refractivity contribution is -0.117. The van der Waals surface area contributed by atoms with Crippen molar-refractivity contribution in [2.45, 2.75) is 25.8 Å². The number of rotatable bonds is 3. The molecule has 17 heavy (non-hydrogen) atoms. The molecule has 1 atom stereocenters. The fourth-order valence-electron chi connectivity index (χ4n) is 2.08. The van der Waals surface area contributed by atoms with E-state index in [1.165, 1.54) is 4.57 Å². The first-order chi connectivity index (χ1) is 8.04. The predicted molar refractivity (Wildman–Crippen MR) is 63.3 cm³/mol. The summed E-state index contributed by atoms with van der Waals surface area (Å²) in [4.78, 5) is 22.8. The average molecular weight is 237 g/mol. The van der Waals surface area contributed by atoms with Gasteiger partial charge in [0.15, 0.2) is 5.69 Å². The lowest BCUT2D eigenvalue weighted by Gasteiger charge is -2.24. The molecule has 6 heteroatoms. The molecule has 0 aromatic carbocycles. The van der Waals surface area contributed by atoms with E-state index in [2.05, 4.69) is 10.6 Å². The topological polar surface area (TPSA) is 83.4 Å². The highest BCUT2D eigenvalue weighted by atomic mass is 16.4. The number of carbonyl (C=O) groups is 2. The van der Waals surface area contributed by atoms with E-state index in [1.807, 2.05) is 6.92 Å². The molecule has 2 heterocycles. The third-order valence-corrected chi connectivity index (χ3v) is 2.86. The van der Waals surface area contributed by atoms with Gasteiger partial charge in [-0.05, 0) is 6.42 Å². The van der Waals surface area contributed by atoms with Crippen LogP contribution in [-0.4, -0.2) is 27.6 Å². The van der Waals surface area contributed by atoms with Crippen molar-refractivity contribution >= 4 is 23.3 Å². The van der Waals surface area contributed by atoms with E-state index in [0.717, 1.165) is 12.8 Å². The first kappa shape index (κ1) is 11.5. The van der Waals surface area contributed by atoms with E-state index in [9.17, 15) is 9.59 Å². The Kier molecular flexibility index (Phi) is 2.79. The Bertz CT molecular complexity index is 479. The van der Waals surface area contributed by atoms with Gasteiger partial charge in [-0.25, -0.2) is 4.79 Å². The highest BCUT2D eigenvalue weighted by Crippen LogP contribution is 2.32. The van der Waals surface area contributed by atoms with Gasteiger partial charge in [-0.3, -0.25) is 4.79 Å². The number of nitrogens with one attached hydrogen (secondary N) is 2. The molecule has 1 aromatic heterocycles. The van der Waals surface area contributed by atoms with Crippen molar-refractivity contribution in [3.63, 3.8) is 0 Å². The van der Waals surface area contributed by atoms with Crippen LogP contribution >= 0.6 is 0 Å². The minimum absolute atomic E-state index is 0.0933. The lowest BCUT2D eigenvalue weighted by atomic mass is 10.1. The Morgan fingerprint density at radius 1 is 1.59 bits per heavy atom. The molecule has 1 aliphatic heterocycles. The molecule has 0 aliphatic carbocycles. The van der Waals surface area contributed by atoms with Crippen LogP contribution in [0.2, 0.25) is 0 Å². The minimum Gasteiger partial charge on any atom is -0.477 e. The van der Waals surface area contributed by atoms with Crippen molar-refractivity contribution in [2.24, 2.45) is 7.05 Å². The van der Waals surface area contributed by atoms with Gasteiger partial charge < -0.3 is 20.3 Å². The normalized spacial score (nSPS) is 18.2. The zero-order valence-electron chi connectivity index (χ0n) is 9.78. The Balaban J connectivity index is 2.38. The fourth-order valence-corrected chi connectivity index (χ4v) is 2.08. The van der Waals surface area contributed by atoms with Gasteiger partial charge in [0, 0.05) is 13.2 Å². The van der Waals surface area contributed by atoms with E-state index in [0.29, 0.717) is 11.4 Å². The highest BCUT2D eigenvalue weighted by Gasteiger charge is 2.30. The maximum atomic E-state index is 11.8. The highest BCUT2D eigenvalue weighted by molar-refractivity contribution is 6.09. The molecule has 3 N–H and O–H groups in total. The number of aromatic nitrogens is 1. The number of hydrogen-bond donors (Lipinski definition) is 3. The van der Waals surface area contributed by atoms with Crippen LogP contribution in [0.3, 0.4) is 0 Å². The van der Waals surface area contributed by atoms with Gasteiger partial charge in [-0.15, -0.1) is 0 Å². The molecule has 0 saturated heterocycles. The zero-order valence-corrected chi connectivity index (χ0v) is 9.78. The van der Waals surface area contributed by atoms with Crippen molar-refractivity contribution in [2.75, 3.05) is 10.6 Å². The predicted octanol–water partition coefficient (Wildman–Crippen LogP) is 1.26. The summed E-state index contributed by atoms with van der Waals surface area (Å²) < 4.78 is 1.49. The molecular formula is C11H15N3O3. The SMILES string of the molecule is CCCC1Nc2cn(C)c(C(=O)O)c2NC1=O. The quantitative estimate of drug-likeness (QED) is 0.739. The summed E-state index contributed by atoms with van der Waals surface area (Å²) in [6.07, 6.45) is 3.29. The van der Waals surface area contributed by atoms with Crippen molar-refractivity contribution in [1.82, 2.24) is 4.57 Å². The van der Waals surface area contributed by atoms with Crippen LogP contribution in [0.4, 0.5) is 11.4 Å². The number of aromatic carboxylic acids is 1. The second-order valence-electron chi connectivity index (χ2n) is 4.16. The standard InChI is InChI=1S/C11H15N3O3/c1-3-4-6-10(15)13-8-7(12-6)5-14(2)9(8)11(16)17/h5-6,12H,3-4H2,1-2H3,(H,13,15)(H,16,17). The Morgan fingerprint density at radius 3 is 2.88 bits per heavy atom. The Labute approximate surface area is 98.6 Å². The summed E-state index contributed by atoms with van der Waals surface area (Å²) in [6, 6.07) is -0.281. The van der Waals surface area contributed by atoms with Crippen LogP contribution in [0, 0.1) is 0 Å². The summed E-state index contributed by atoms with van der Waals surface area (Å²) in [5, 5.41) is 14.8. The maximum absolute atomic E-state index is 11.8. The van der Waals surface area contributed by atoms with Crippen LogP contribution in [0.25, 0.3) is 0 Å². The molecule has 1 amide bonds. The fraction of sp³-hybridized carbons (Fsp3) is 0.455. The van der Waals surface area contributed by atoms with Gasteiger partial charge in [0.05, 0.1) is 11.4 Å². The van der Waals surface area contributed by atoms with E-state index in [4.69, 9.17) is 5.11 Å². The molecule has 1 unspecified atom stereocenters. The number of fused-ring (bicyclic) bond motifs is 1. The number of carbonyl (C=O) groups excluding carboxylic acids is 1. The van der Waals surface area contributed by atoms with E-state index >= 15 is 0 Å². The second-order valence-corrected chi connectivity index (χ2v) is 4.16. The van der Waals surface area contributed by atoms with Crippen molar-refractivity contribution < 1.29 is 14.7 Å². The van der Waals surface area contributed by atoms with Gasteiger partial charge >= 0.3 is 5.97 Å². The second kappa shape index (κ2) is 4.12. The largest absolute Gasteiger partial charge is 0.477 e. The Morgan fingerprint density at radius 2 is 2.29 bits per heavy atom. The van der Waals surface area contributed by atoms with Crippen LogP contribution in [0.15, 0.2) is 6.20 Å². The molecule has 2 rings (SSSR count). The lowest BCUT2D eigenvalue weighted by Crippen LogP contribution is -2.38. The number of hydrogen-bond acceptors (Lipinski definition) is 3. The summed E-state index contributed by atoms with van der Waals surface area (Å²) in [5.41, 5.74) is 1.12. The molecule has 0 saturated carbocycles. The summed E-state index contributed by atoms with van der Waals surface area (Å²) in [7, 11) is 1.64. The molecule has 0 radical (unpaired) electrons. The smallest absolute Gasteiger partial charge is 0.354 e. The minimum atomic E-state index is -1.05. The Hall–Kier alpha value is -1.98. The number of anilines is 2. The number of nitrogens with zero attached hydrogens (tertiary/aromatic N) is 1. The maximum Gasteiger partial charge on any atom is 0.354 e. The summed E-state index contributed by atoms with van der Waals surface area (Å²) in [5.74, 6) is -1.22. The first-order valence-electron chi connectivity index (χ1n) is 5.54. The van der Waals surface area contributed by atoms with Crippen LogP contribution in [0.5, 0.6) is 0 Å². The molecule has 0 fully saturated rings. The van der Waals surface area contributed by atoms with Crippen LogP contribution in [0.1, 0.15) is 30.3 Å². The summed E-state index contributed by atoms with van der Waals surface area (Å²) in [6.45, 7) is 2.00. The number of carboxylic acids is 1. The molecule has 6 nitrogen and oxygen atoms in total. The van der Waals surface area contributed by atoms with Crippen molar-refractivity contribution in [3.8, 4) is 0 Å². The van der Waals surface area contributed by atoms with Gasteiger partial charge in [-0.1, -0.05) is 13.3 Å². The van der Waals surface area contributed by atoms with Crippen molar-refractivity contribution in [3.05, 3.63) is 11.9 Å². The van der Waals surface area contributed by atoms with E-state index in [1.54, 1.807) is 13.2 Å². The van der Waals surface area contributed by atoms with Gasteiger partial charge in [0.2, 0.25) is 5.91 Å². The van der Waals surface area contributed by atoms with Gasteiger partial charge in [-0.2, -0.15) is 0 Å². The first-order valence-corrected chi connectivity index (χ1v) is 5.54. The molecule has 92 valence electrons. The van der Waals surface area contributed by atoms with E-state index in [-0.39, 0.29) is 17.6 Å². The molecule has 1 aromatic rings.